The Labute approximate surface area is 359 Å². The maximum absolute atomic E-state index is 5.10. The van der Waals surface area contributed by atoms with Gasteiger partial charge in [0, 0.05) is 49.6 Å². The number of para-hydroxylation sites is 2. The third kappa shape index (κ3) is 6.08. The molecule has 0 saturated carbocycles. The van der Waals surface area contributed by atoms with Gasteiger partial charge in [0.25, 0.3) is 0 Å². The predicted molar refractivity (Wildman–Crippen MR) is 258 cm³/mol. The quantitative estimate of drug-likeness (QED) is 0.161. The topological polar surface area (TPSA) is 35.6 Å². The highest BCUT2D eigenvalue weighted by atomic mass is 15.0. The van der Waals surface area contributed by atoms with Gasteiger partial charge in [0.05, 0.1) is 33.5 Å². The summed E-state index contributed by atoms with van der Waals surface area (Å²) < 4.78 is 4.81. The third-order valence-corrected chi connectivity index (χ3v) is 12.1. The molecule has 0 aliphatic rings. The van der Waals surface area contributed by atoms with Gasteiger partial charge in [-0.3, -0.25) is 0 Å². The van der Waals surface area contributed by atoms with Crippen molar-refractivity contribution in [2.75, 3.05) is 0 Å². The number of rotatable bonds is 7. The third-order valence-electron chi connectivity index (χ3n) is 12.1. The molecule has 3 aromatic heterocycles. The van der Waals surface area contributed by atoms with Crippen molar-refractivity contribution < 1.29 is 0 Å². The second-order valence-electron chi connectivity index (χ2n) is 15.8. The fourth-order valence-electron chi connectivity index (χ4n) is 9.16. The van der Waals surface area contributed by atoms with E-state index in [0.717, 1.165) is 50.5 Å². The number of hydrogen-bond donors (Lipinski definition) is 0. The summed E-state index contributed by atoms with van der Waals surface area (Å²) in [6.07, 6.45) is 0. The van der Waals surface area contributed by atoms with E-state index in [-0.39, 0.29) is 0 Å². The van der Waals surface area contributed by atoms with Crippen molar-refractivity contribution in [2.45, 2.75) is 0 Å². The number of hydrogen-bond acceptors (Lipinski definition) is 2. The first-order valence-corrected chi connectivity index (χ1v) is 21.1. The van der Waals surface area contributed by atoms with Crippen LogP contribution in [0.15, 0.2) is 231 Å². The summed E-state index contributed by atoms with van der Waals surface area (Å²) in [5.74, 6) is 0.709. The van der Waals surface area contributed by atoms with Gasteiger partial charge in [-0.15, -0.1) is 0 Å². The van der Waals surface area contributed by atoms with E-state index in [1.807, 2.05) is 24.3 Å². The maximum Gasteiger partial charge on any atom is 0.160 e. The number of nitrogens with zero attached hydrogens (tertiary/aromatic N) is 4. The highest BCUT2D eigenvalue weighted by Gasteiger charge is 2.17. The molecule has 0 fully saturated rings. The Kier molecular flexibility index (Phi) is 8.46. The summed E-state index contributed by atoms with van der Waals surface area (Å²) in [5, 5.41) is 4.92. The molecular weight excluding hydrogens is 753 g/mol. The summed E-state index contributed by atoms with van der Waals surface area (Å²) in [7, 11) is 0. The summed E-state index contributed by atoms with van der Waals surface area (Å²) in [6, 6.07) is 82.3. The van der Waals surface area contributed by atoms with Crippen LogP contribution in [0.2, 0.25) is 0 Å². The molecular formula is C58H38N4. The first kappa shape index (κ1) is 35.6. The van der Waals surface area contributed by atoms with Gasteiger partial charge >= 0.3 is 0 Å². The second kappa shape index (κ2) is 14.7. The zero-order valence-electron chi connectivity index (χ0n) is 33.7. The lowest BCUT2D eigenvalue weighted by atomic mass is 10.0. The van der Waals surface area contributed by atoms with Gasteiger partial charge in [-0.05, 0) is 76.9 Å². The zero-order valence-corrected chi connectivity index (χ0v) is 33.7. The monoisotopic (exact) mass is 790 g/mol. The molecule has 0 atom stereocenters. The molecule has 0 amide bonds. The molecule has 0 saturated heterocycles. The zero-order chi connectivity index (χ0) is 41.0. The number of aromatic nitrogens is 4. The van der Waals surface area contributed by atoms with E-state index >= 15 is 0 Å². The maximum atomic E-state index is 5.10. The van der Waals surface area contributed by atoms with Crippen molar-refractivity contribution in [1.82, 2.24) is 19.1 Å². The van der Waals surface area contributed by atoms with Gasteiger partial charge in [-0.25, -0.2) is 9.97 Å². The summed E-state index contributed by atoms with van der Waals surface area (Å²) in [4.78, 5) is 10.1. The van der Waals surface area contributed by atoms with Crippen LogP contribution in [0.3, 0.4) is 0 Å². The van der Waals surface area contributed by atoms with Crippen LogP contribution in [0.4, 0.5) is 0 Å². The van der Waals surface area contributed by atoms with Crippen molar-refractivity contribution in [3.05, 3.63) is 231 Å². The van der Waals surface area contributed by atoms with Crippen LogP contribution in [0.1, 0.15) is 0 Å². The predicted octanol–water partition coefficient (Wildman–Crippen LogP) is 15.0. The molecule has 12 aromatic rings. The SMILES string of the molecule is c1ccc(-c2cccc(-n3c4ccccc4c4ccc(-c5ccc6c7ccccc7n(-c7ccc(-c8cc(-c9ccccc9)nc(-c9ccccc9)n8)cc7)c6c5)cc43)c2)cc1. The standard InChI is InChI=1S/C58H38N4/c1-4-15-39(16-5-1)43-21-14-22-47(35-43)62-55-26-13-11-24-49(55)51-34-30-45(37-57(51)62)44-29-33-50-48-23-10-12-25-54(48)61(56(50)36-44)46-31-27-41(28-32-46)53-38-52(40-17-6-2-7-18-40)59-58(60-53)42-19-8-3-9-20-42/h1-38H. The normalized spacial score (nSPS) is 11.5. The van der Waals surface area contributed by atoms with E-state index in [4.69, 9.17) is 9.97 Å². The lowest BCUT2D eigenvalue weighted by molar-refractivity contribution is 1.17. The summed E-state index contributed by atoms with van der Waals surface area (Å²) >= 11 is 0. The molecule has 4 nitrogen and oxygen atoms in total. The van der Waals surface area contributed by atoms with Gasteiger partial charge in [0.1, 0.15) is 0 Å². The van der Waals surface area contributed by atoms with Crippen molar-refractivity contribution in [2.24, 2.45) is 0 Å². The molecule has 3 heterocycles. The largest absolute Gasteiger partial charge is 0.309 e. The summed E-state index contributed by atoms with van der Waals surface area (Å²) in [5.41, 5.74) is 16.5. The van der Waals surface area contributed by atoms with Crippen LogP contribution in [0.5, 0.6) is 0 Å². The molecule has 0 aliphatic heterocycles. The van der Waals surface area contributed by atoms with Gasteiger partial charge < -0.3 is 9.13 Å². The molecule has 0 aliphatic carbocycles. The Morgan fingerprint density at radius 2 is 0.661 bits per heavy atom. The highest BCUT2D eigenvalue weighted by Crippen LogP contribution is 2.39. The minimum Gasteiger partial charge on any atom is -0.309 e. The molecule has 0 bridgehead atoms. The van der Waals surface area contributed by atoms with Crippen LogP contribution in [-0.4, -0.2) is 19.1 Å². The van der Waals surface area contributed by atoms with Gasteiger partial charge in [-0.2, -0.15) is 0 Å². The van der Waals surface area contributed by atoms with Crippen molar-refractivity contribution in [1.29, 1.82) is 0 Å². The van der Waals surface area contributed by atoms with E-state index in [1.54, 1.807) is 0 Å². The van der Waals surface area contributed by atoms with Crippen molar-refractivity contribution in [3.63, 3.8) is 0 Å². The Balaban J connectivity index is 0.980. The molecule has 0 spiro atoms. The molecule has 9 aromatic carbocycles. The highest BCUT2D eigenvalue weighted by molar-refractivity contribution is 6.12. The average Bonchev–Trinajstić information content (AvgIpc) is 3.87. The van der Waals surface area contributed by atoms with E-state index in [9.17, 15) is 0 Å². The second-order valence-corrected chi connectivity index (χ2v) is 15.8. The Morgan fingerprint density at radius 3 is 1.24 bits per heavy atom. The van der Waals surface area contributed by atoms with E-state index in [1.165, 1.54) is 54.8 Å². The molecule has 0 radical (unpaired) electrons. The van der Waals surface area contributed by atoms with Crippen LogP contribution in [0.25, 0.3) is 111 Å². The van der Waals surface area contributed by atoms with E-state index in [2.05, 4.69) is 215 Å². The molecule has 0 unspecified atom stereocenters. The van der Waals surface area contributed by atoms with Crippen LogP contribution in [-0.2, 0) is 0 Å². The lowest BCUT2D eigenvalue weighted by Gasteiger charge is -2.12. The fraction of sp³-hybridized carbons (Fsp3) is 0. The lowest BCUT2D eigenvalue weighted by Crippen LogP contribution is -1.97. The molecule has 290 valence electrons. The van der Waals surface area contributed by atoms with Gasteiger partial charge in [-0.1, -0.05) is 176 Å². The van der Waals surface area contributed by atoms with Gasteiger partial charge in [0.2, 0.25) is 0 Å². The molecule has 12 rings (SSSR count). The van der Waals surface area contributed by atoms with Crippen LogP contribution < -0.4 is 0 Å². The number of benzene rings is 9. The molecule has 0 N–H and O–H groups in total. The van der Waals surface area contributed by atoms with Gasteiger partial charge in [0.15, 0.2) is 5.82 Å². The minimum atomic E-state index is 0.709. The first-order valence-electron chi connectivity index (χ1n) is 21.1. The number of fused-ring (bicyclic) bond motifs is 6. The summed E-state index contributed by atoms with van der Waals surface area (Å²) in [6.45, 7) is 0. The van der Waals surface area contributed by atoms with Crippen molar-refractivity contribution in [3.8, 4) is 67.5 Å². The van der Waals surface area contributed by atoms with E-state index < -0.39 is 0 Å². The first-order chi connectivity index (χ1) is 30.7. The Bertz CT molecular complexity index is 3550. The smallest absolute Gasteiger partial charge is 0.160 e. The fourth-order valence-corrected chi connectivity index (χ4v) is 9.16. The molecule has 4 heteroatoms. The minimum absolute atomic E-state index is 0.709. The average molecular weight is 791 g/mol. The molecule has 62 heavy (non-hydrogen) atoms. The van der Waals surface area contributed by atoms with E-state index in [0.29, 0.717) is 5.82 Å². The Hall–Kier alpha value is -8.34. The van der Waals surface area contributed by atoms with Crippen LogP contribution >= 0.6 is 0 Å². The van der Waals surface area contributed by atoms with Crippen LogP contribution in [0, 0.1) is 0 Å². The van der Waals surface area contributed by atoms with Crippen molar-refractivity contribution >= 4 is 43.6 Å². The Morgan fingerprint density at radius 1 is 0.242 bits per heavy atom.